The van der Waals surface area contributed by atoms with Gasteiger partial charge in [0, 0.05) is 18.1 Å². The van der Waals surface area contributed by atoms with Gasteiger partial charge >= 0.3 is 0 Å². The molecule has 0 aliphatic heterocycles. The van der Waals surface area contributed by atoms with Crippen LogP contribution in [-0.2, 0) is 6.54 Å². The zero-order valence-corrected chi connectivity index (χ0v) is 10.8. The van der Waals surface area contributed by atoms with Gasteiger partial charge in [-0.2, -0.15) is 0 Å². The first-order valence-corrected chi connectivity index (χ1v) is 6.01. The van der Waals surface area contributed by atoms with Crippen LogP contribution in [0.25, 0.3) is 0 Å². The van der Waals surface area contributed by atoms with Crippen molar-refractivity contribution in [3.05, 3.63) is 28.8 Å². The lowest BCUT2D eigenvalue weighted by atomic mass is 10.1. The minimum absolute atomic E-state index is 0.711. The maximum absolute atomic E-state index is 5.33. The summed E-state index contributed by atoms with van der Waals surface area (Å²) in [5.74, 6) is 0.950. The van der Waals surface area contributed by atoms with Gasteiger partial charge in [0.25, 0.3) is 0 Å². The Balaban J connectivity index is 2.12. The number of anilines is 1. The summed E-state index contributed by atoms with van der Waals surface area (Å²) in [6.07, 6.45) is 0. The summed E-state index contributed by atoms with van der Waals surface area (Å²) < 4.78 is 9.03. The number of hydrogen-bond acceptors (Lipinski definition) is 6. The van der Waals surface area contributed by atoms with Crippen molar-refractivity contribution in [1.82, 2.24) is 14.8 Å². The van der Waals surface area contributed by atoms with Crippen LogP contribution in [0.3, 0.4) is 0 Å². The second kappa shape index (κ2) is 5.09. The van der Waals surface area contributed by atoms with Crippen molar-refractivity contribution >= 4 is 16.7 Å². The molecule has 1 aromatic carbocycles. The van der Waals surface area contributed by atoms with Gasteiger partial charge in [-0.25, -0.2) is 0 Å². The number of aryl methyl sites for hydroxylation is 2. The molecule has 1 aromatic heterocycles. The Morgan fingerprint density at radius 1 is 1.29 bits per heavy atom. The molecule has 1 N–H and O–H groups in total. The largest absolute Gasteiger partial charge is 0.496 e. The number of aromatic nitrogens is 3. The second-order valence-corrected chi connectivity index (χ2v) is 4.52. The lowest BCUT2D eigenvalue weighted by Gasteiger charge is -2.11. The zero-order valence-electron chi connectivity index (χ0n) is 10.0. The van der Waals surface area contributed by atoms with Crippen molar-refractivity contribution in [3.8, 4) is 5.75 Å². The van der Waals surface area contributed by atoms with Crippen molar-refractivity contribution in [3.63, 3.8) is 0 Å². The van der Waals surface area contributed by atoms with E-state index in [9.17, 15) is 0 Å². The van der Waals surface area contributed by atoms with Crippen molar-refractivity contribution < 1.29 is 4.74 Å². The highest BCUT2D eigenvalue weighted by Gasteiger charge is 2.05. The molecule has 0 radical (unpaired) electrons. The Morgan fingerprint density at radius 2 is 2.00 bits per heavy atom. The van der Waals surface area contributed by atoms with Crippen LogP contribution in [0.1, 0.15) is 16.7 Å². The number of benzene rings is 1. The average molecular weight is 250 g/mol. The van der Waals surface area contributed by atoms with Crippen LogP contribution in [0.2, 0.25) is 0 Å². The first kappa shape index (κ1) is 11.8. The van der Waals surface area contributed by atoms with Crippen LogP contribution < -0.4 is 10.1 Å². The molecule has 0 amide bonds. The van der Waals surface area contributed by atoms with Crippen molar-refractivity contribution in [2.75, 3.05) is 12.4 Å². The van der Waals surface area contributed by atoms with E-state index < -0.39 is 0 Å². The van der Waals surface area contributed by atoms with Gasteiger partial charge < -0.3 is 10.1 Å². The van der Waals surface area contributed by atoms with Crippen molar-refractivity contribution in [2.45, 2.75) is 20.4 Å². The number of nitrogens with one attached hydrogen (secondary N) is 1. The zero-order chi connectivity index (χ0) is 12.3. The van der Waals surface area contributed by atoms with Gasteiger partial charge in [-0.3, -0.25) is 0 Å². The Kier molecular flexibility index (Phi) is 3.53. The summed E-state index contributed by atoms with van der Waals surface area (Å²) in [5.41, 5.74) is 3.47. The Labute approximate surface area is 104 Å². The van der Waals surface area contributed by atoms with Gasteiger partial charge in [0.1, 0.15) is 5.75 Å². The highest BCUT2D eigenvalue weighted by atomic mass is 32.1. The van der Waals surface area contributed by atoms with Crippen LogP contribution in [0.15, 0.2) is 12.1 Å². The number of rotatable bonds is 4. The van der Waals surface area contributed by atoms with Crippen molar-refractivity contribution in [2.24, 2.45) is 0 Å². The molecule has 0 unspecified atom stereocenters. The molecule has 0 atom stereocenters. The number of hydrogen-bond donors (Lipinski definition) is 1. The third-order valence-corrected chi connectivity index (χ3v) is 3.02. The lowest BCUT2D eigenvalue weighted by Crippen LogP contribution is -2.01. The predicted molar refractivity (Wildman–Crippen MR) is 67.5 cm³/mol. The molecular weight excluding hydrogens is 236 g/mol. The van der Waals surface area contributed by atoms with E-state index in [1.165, 1.54) is 17.1 Å². The van der Waals surface area contributed by atoms with E-state index in [-0.39, 0.29) is 0 Å². The third-order valence-electron chi connectivity index (χ3n) is 2.47. The predicted octanol–water partition coefficient (Wildman–Crippen LogP) is 2.17. The molecule has 0 fully saturated rings. The van der Waals surface area contributed by atoms with E-state index in [2.05, 4.69) is 32.2 Å². The summed E-state index contributed by atoms with van der Waals surface area (Å²) >= 11 is 1.25. The van der Waals surface area contributed by atoms with Crippen molar-refractivity contribution in [1.29, 1.82) is 0 Å². The van der Waals surface area contributed by atoms with Crippen LogP contribution >= 0.6 is 11.5 Å². The number of ether oxygens (including phenoxy) is 1. The summed E-state index contributed by atoms with van der Waals surface area (Å²) in [4.78, 5) is 0. The lowest BCUT2D eigenvalue weighted by molar-refractivity contribution is 0.408. The minimum Gasteiger partial charge on any atom is -0.496 e. The van der Waals surface area contributed by atoms with Gasteiger partial charge in [-0.1, -0.05) is 21.7 Å². The summed E-state index contributed by atoms with van der Waals surface area (Å²) in [5, 5.41) is 11.3. The van der Waals surface area contributed by atoms with Gasteiger partial charge in [0.2, 0.25) is 5.13 Å². The molecule has 0 aliphatic rings. The molecule has 17 heavy (non-hydrogen) atoms. The van der Waals surface area contributed by atoms with E-state index in [4.69, 9.17) is 4.74 Å². The Bertz CT molecular complexity index is 475. The molecule has 2 aromatic rings. The summed E-state index contributed by atoms with van der Waals surface area (Å²) in [6, 6.07) is 4.21. The van der Waals surface area contributed by atoms with E-state index in [0.29, 0.717) is 6.54 Å². The molecule has 1 heterocycles. The third kappa shape index (κ3) is 2.71. The molecule has 0 aliphatic carbocycles. The van der Waals surface area contributed by atoms with Crippen LogP contribution in [-0.4, -0.2) is 21.9 Å². The minimum atomic E-state index is 0.711. The van der Waals surface area contributed by atoms with Gasteiger partial charge in [0.15, 0.2) is 0 Å². The second-order valence-electron chi connectivity index (χ2n) is 3.78. The summed E-state index contributed by atoms with van der Waals surface area (Å²) in [6.45, 7) is 4.80. The first-order valence-electron chi connectivity index (χ1n) is 5.23. The van der Waals surface area contributed by atoms with E-state index >= 15 is 0 Å². The molecule has 0 bridgehead atoms. The standard InChI is InChI=1S/C11H14N4OS/c1-7-4-9(5-8(2)10(7)16-3)6-12-11-13-14-15-17-11/h4-5H,6H2,1-3H3,(H,12,13,15). The number of nitrogens with zero attached hydrogens (tertiary/aromatic N) is 3. The first-order chi connectivity index (χ1) is 8.20. The van der Waals surface area contributed by atoms with E-state index in [1.807, 2.05) is 13.8 Å². The van der Waals surface area contributed by atoms with Gasteiger partial charge in [-0.05, 0) is 35.8 Å². The summed E-state index contributed by atoms with van der Waals surface area (Å²) in [7, 11) is 1.69. The van der Waals surface area contributed by atoms with Crippen LogP contribution in [0.4, 0.5) is 5.13 Å². The average Bonchev–Trinajstić information content (AvgIpc) is 2.79. The smallest absolute Gasteiger partial charge is 0.225 e. The quantitative estimate of drug-likeness (QED) is 0.901. The van der Waals surface area contributed by atoms with E-state index in [1.54, 1.807) is 7.11 Å². The molecule has 0 saturated carbocycles. The highest BCUT2D eigenvalue weighted by Crippen LogP contribution is 2.24. The molecule has 5 nitrogen and oxygen atoms in total. The fourth-order valence-electron chi connectivity index (χ4n) is 1.84. The molecule has 2 rings (SSSR count). The Hall–Kier alpha value is -1.69. The molecule has 0 saturated heterocycles. The highest BCUT2D eigenvalue weighted by molar-refractivity contribution is 7.09. The normalized spacial score (nSPS) is 10.3. The fourth-order valence-corrected chi connectivity index (χ4v) is 2.20. The molecule has 6 heteroatoms. The molecular formula is C11H14N4OS. The fraction of sp³-hybridized carbons (Fsp3) is 0.364. The molecule has 0 spiro atoms. The van der Waals surface area contributed by atoms with Gasteiger partial charge in [0.05, 0.1) is 7.11 Å². The maximum atomic E-state index is 5.33. The number of methoxy groups -OCH3 is 1. The molecule has 90 valence electrons. The SMILES string of the molecule is COc1c(C)cc(CNc2nnns2)cc1C. The maximum Gasteiger partial charge on any atom is 0.225 e. The van der Waals surface area contributed by atoms with Crippen LogP contribution in [0, 0.1) is 13.8 Å². The Morgan fingerprint density at radius 3 is 2.53 bits per heavy atom. The van der Waals surface area contributed by atoms with Crippen LogP contribution in [0.5, 0.6) is 5.75 Å². The van der Waals surface area contributed by atoms with E-state index in [0.717, 1.165) is 22.0 Å². The van der Waals surface area contributed by atoms with Gasteiger partial charge in [-0.15, -0.1) is 0 Å². The monoisotopic (exact) mass is 250 g/mol. The topological polar surface area (TPSA) is 59.9 Å².